The topological polar surface area (TPSA) is 59.8 Å². The molecule has 7 heteroatoms. The lowest BCUT2D eigenvalue weighted by atomic mass is 10.2. The van der Waals surface area contributed by atoms with Gasteiger partial charge in [-0.3, -0.25) is 4.79 Å². The van der Waals surface area contributed by atoms with E-state index in [1.807, 2.05) is 55.5 Å². The Balaban J connectivity index is 1.72. The fraction of sp³-hybridized carbons (Fsp3) is 0.250. The number of halogens is 1. The van der Waals surface area contributed by atoms with Crippen molar-refractivity contribution in [2.24, 2.45) is 0 Å². The van der Waals surface area contributed by atoms with Gasteiger partial charge in [-0.05, 0) is 49.2 Å². The zero-order chi connectivity index (χ0) is 19.2. The second kappa shape index (κ2) is 9.06. The molecule has 0 unspecified atom stereocenters. The van der Waals surface area contributed by atoms with E-state index < -0.39 is 0 Å². The molecule has 1 heterocycles. The van der Waals surface area contributed by atoms with Crippen LogP contribution in [0.1, 0.15) is 18.9 Å². The highest BCUT2D eigenvalue weighted by Gasteiger charge is 2.15. The monoisotopic (exact) mass is 400 g/mol. The van der Waals surface area contributed by atoms with Crippen molar-refractivity contribution >= 4 is 35.0 Å². The van der Waals surface area contributed by atoms with Gasteiger partial charge in [-0.2, -0.15) is 0 Å². The van der Waals surface area contributed by atoms with E-state index >= 15 is 0 Å². The average Bonchev–Trinajstić information content (AvgIpc) is 3.06. The Morgan fingerprint density at radius 2 is 1.89 bits per heavy atom. The third kappa shape index (κ3) is 4.90. The summed E-state index contributed by atoms with van der Waals surface area (Å²) in [5, 5.41) is 13.0. The Morgan fingerprint density at radius 1 is 1.15 bits per heavy atom. The molecule has 0 fully saturated rings. The van der Waals surface area contributed by atoms with E-state index in [1.165, 1.54) is 11.8 Å². The molecule has 0 aliphatic rings. The van der Waals surface area contributed by atoms with Crippen molar-refractivity contribution in [3.05, 3.63) is 59.1 Å². The van der Waals surface area contributed by atoms with E-state index in [4.69, 9.17) is 11.6 Å². The predicted octanol–water partition coefficient (Wildman–Crippen LogP) is 5.05. The molecule has 0 saturated heterocycles. The minimum absolute atomic E-state index is 0.0617. The number of nitrogens with zero attached hydrogens (tertiary/aromatic N) is 3. The van der Waals surface area contributed by atoms with Gasteiger partial charge in [0.1, 0.15) is 0 Å². The number of para-hydroxylation sites is 1. The van der Waals surface area contributed by atoms with Crippen LogP contribution < -0.4 is 5.32 Å². The van der Waals surface area contributed by atoms with Crippen LogP contribution in [0.5, 0.6) is 0 Å². The van der Waals surface area contributed by atoms with Crippen LogP contribution >= 0.6 is 23.4 Å². The summed E-state index contributed by atoms with van der Waals surface area (Å²) in [6.45, 7) is 4.86. The highest BCUT2D eigenvalue weighted by atomic mass is 35.5. The second-order valence-electron chi connectivity index (χ2n) is 6.12. The molecule has 0 spiro atoms. The van der Waals surface area contributed by atoms with Crippen molar-refractivity contribution in [1.29, 1.82) is 0 Å². The summed E-state index contributed by atoms with van der Waals surface area (Å²) in [5.41, 5.74) is 2.83. The van der Waals surface area contributed by atoms with Gasteiger partial charge in [-0.25, -0.2) is 0 Å². The number of hydrogen-bond donors (Lipinski definition) is 1. The number of amides is 1. The maximum Gasteiger partial charge on any atom is 0.234 e. The molecule has 0 atom stereocenters. The van der Waals surface area contributed by atoms with Gasteiger partial charge in [0.05, 0.1) is 5.75 Å². The summed E-state index contributed by atoms with van der Waals surface area (Å²) < 4.78 is 2.05. The van der Waals surface area contributed by atoms with E-state index in [0.717, 1.165) is 40.8 Å². The summed E-state index contributed by atoms with van der Waals surface area (Å²) >= 11 is 7.37. The van der Waals surface area contributed by atoms with Crippen LogP contribution in [0, 0.1) is 6.92 Å². The smallest absolute Gasteiger partial charge is 0.234 e. The molecule has 3 aromatic rings. The summed E-state index contributed by atoms with van der Waals surface area (Å²) in [7, 11) is 0. The van der Waals surface area contributed by atoms with Crippen LogP contribution in [0.15, 0.2) is 53.7 Å². The maximum absolute atomic E-state index is 12.3. The highest BCUT2D eigenvalue weighted by Crippen LogP contribution is 2.25. The predicted molar refractivity (Wildman–Crippen MR) is 111 cm³/mol. The SMILES string of the molecule is CCCn1c(SCC(=O)Nc2ccccc2C)nnc1-c1ccc(Cl)cc1. The number of aromatic nitrogens is 3. The van der Waals surface area contributed by atoms with Crippen LogP contribution in [0.4, 0.5) is 5.69 Å². The van der Waals surface area contributed by atoms with Gasteiger partial charge in [-0.1, -0.05) is 48.5 Å². The molecule has 0 aliphatic heterocycles. The minimum Gasteiger partial charge on any atom is -0.325 e. The minimum atomic E-state index is -0.0617. The highest BCUT2D eigenvalue weighted by molar-refractivity contribution is 7.99. The van der Waals surface area contributed by atoms with Crippen molar-refractivity contribution in [2.75, 3.05) is 11.1 Å². The summed E-state index contributed by atoms with van der Waals surface area (Å²) in [6.07, 6.45) is 0.946. The Kier molecular flexibility index (Phi) is 6.53. The fourth-order valence-corrected chi connectivity index (χ4v) is 3.55. The number of carbonyl (C=O) groups is 1. The molecule has 0 saturated carbocycles. The van der Waals surface area contributed by atoms with Crippen LogP contribution in [-0.2, 0) is 11.3 Å². The van der Waals surface area contributed by atoms with Crippen molar-refractivity contribution in [1.82, 2.24) is 14.8 Å². The lowest BCUT2D eigenvalue weighted by Crippen LogP contribution is -2.15. The molecule has 5 nitrogen and oxygen atoms in total. The number of nitrogens with one attached hydrogen (secondary N) is 1. The largest absolute Gasteiger partial charge is 0.325 e. The van der Waals surface area contributed by atoms with Gasteiger partial charge in [-0.15, -0.1) is 10.2 Å². The number of rotatable bonds is 7. The van der Waals surface area contributed by atoms with Crippen LogP contribution in [0.25, 0.3) is 11.4 Å². The van der Waals surface area contributed by atoms with Gasteiger partial charge >= 0.3 is 0 Å². The molecular weight excluding hydrogens is 380 g/mol. The Bertz CT molecular complexity index is 924. The quantitative estimate of drug-likeness (QED) is 0.564. The Hall–Kier alpha value is -2.31. The average molecular weight is 401 g/mol. The number of hydrogen-bond acceptors (Lipinski definition) is 4. The molecular formula is C20H21ClN4OS. The molecule has 140 valence electrons. The van der Waals surface area contributed by atoms with Crippen molar-refractivity contribution in [3.8, 4) is 11.4 Å². The molecule has 1 N–H and O–H groups in total. The van der Waals surface area contributed by atoms with E-state index in [9.17, 15) is 4.79 Å². The maximum atomic E-state index is 12.3. The van der Waals surface area contributed by atoms with E-state index in [1.54, 1.807) is 0 Å². The van der Waals surface area contributed by atoms with E-state index in [2.05, 4.69) is 27.0 Å². The third-order valence-corrected chi connectivity index (χ3v) is 5.24. The van der Waals surface area contributed by atoms with E-state index in [0.29, 0.717) is 5.02 Å². The first-order valence-corrected chi connectivity index (χ1v) is 10.1. The molecule has 3 rings (SSSR count). The van der Waals surface area contributed by atoms with E-state index in [-0.39, 0.29) is 11.7 Å². The lowest BCUT2D eigenvalue weighted by molar-refractivity contribution is -0.113. The molecule has 1 amide bonds. The van der Waals surface area contributed by atoms with Gasteiger partial charge in [0.15, 0.2) is 11.0 Å². The number of thioether (sulfide) groups is 1. The lowest BCUT2D eigenvalue weighted by Gasteiger charge is -2.10. The standard InChI is InChI=1S/C20H21ClN4OS/c1-3-12-25-19(15-8-10-16(21)11-9-15)23-24-20(25)27-13-18(26)22-17-7-5-4-6-14(17)2/h4-11H,3,12-13H2,1-2H3,(H,22,26). The fourth-order valence-electron chi connectivity index (χ4n) is 2.66. The first kappa shape index (κ1) is 19.5. The summed E-state index contributed by atoms with van der Waals surface area (Å²) in [5.74, 6) is 1.00. The summed E-state index contributed by atoms with van der Waals surface area (Å²) in [6, 6.07) is 15.3. The number of carbonyl (C=O) groups excluding carboxylic acids is 1. The number of benzene rings is 2. The van der Waals surface area contributed by atoms with Crippen LogP contribution in [-0.4, -0.2) is 26.4 Å². The molecule has 2 aromatic carbocycles. The van der Waals surface area contributed by atoms with Crippen molar-refractivity contribution < 1.29 is 4.79 Å². The molecule has 0 aliphatic carbocycles. The molecule has 27 heavy (non-hydrogen) atoms. The normalized spacial score (nSPS) is 10.8. The van der Waals surface area contributed by atoms with Gasteiger partial charge in [0.25, 0.3) is 0 Å². The van der Waals surface area contributed by atoms with Crippen molar-refractivity contribution in [3.63, 3.8) is 0 Å². The zero-order valence-electron chi connectivity index (χ0n) is 15.3. The van der Waals surface area contributed by atoms with Gasteiger partial charge in [0.2, 0.25) is 5.91 Å². The first-order valence-electron chi connectivity index (χ1n) is 8.76. The van der Waals surface area contributed by atoms with Gasteiger partial charge < -0.3 is 9.88 Å². The van der Waals surface area contributed by atoms with Crippen molar-refractivity contribution in [2.45, 2.75) is 32.0 Å². The molecule has 1 aromatic heterocycles. The summed E-state index contributed by atoms with van der Waals surface area (Å²) in [4.78, 5) is 12.3. The third-order valence-electron chi connectivity index (χ3n) is 4.02. The Morgan fingerprint density at radius 3 is 2.59 bits per heavy atom. The first-order chi connectivity index (χ1) is 13.1. The number of aryl methyl sites for hydroxylation is 1. The molecule has 0 bridgehead atoms. The van der Waals surface area contributed by atoms with Gasteiger partial charge in [0, 0.05) is 22.8 Å². The molecule has 0 radical (unpaired) electrons. The number of anilines is 1. The Labute approximate surface area is 168 Å². The zero-order valence-corrected chi connectivity index (χ0v) is 16.8. The van der Waals surface area contributed by atoms with Crippen LogP contribution in [0.2, 0.25) is 5.02 Å². The second-order valence-corrected chi connectivity index (χ2v) is 7.50. The van der Waals surface area contributed by atoms with Crippen LogP contribution in [0.3, 0.4) is 0 Å².